The zero-order valence-corrected chi connectivity index (χ0v) is 14.7. The van der Waals surface area contributed by atoms with Crippen LogP contribution in [0.25, 0.3) is 0 Å². The summed E-state index contributed by atoms with van der Waals surface area (Å²) < 4.78 is 25.0. The van der Waals surface area contributed by atoms with Gasteiger partial charge in [-0.2, -0.15) is 0 Å². The Morgan fingerprint density at radius 1 is 1.26 bits per heavy atom. The van der Waals surface area contributed by atoms with Crippen molar-refractivity contribution < 1.29 is 18.0 Å². The highest BCUT2D eigenvalue weighted by molar-refractivity contribution is 7.88. The van der Waals surface area contributed by atoms with Crippen LogP contribution in [-0.4, -0.2) is 57.1 Å². The molecule has 132 valence electrons. The Labute approximate surface area is 138 Å². The van der Waals surface area contributed by atoms with Crippen molar-refractivity contribution in [3.63, 3.8) is 0 Å². The Bertz CT molecular complexity index is 549. The summed E-state index contributed by atoms with van der Waals surface area (Å²) >= 11 is 0. The van der Waals surface area contributed by atoms with E-state index in [9.17, 15) is 18.0 Å². The van der Waals surface area contributed by atoms with Crippen molar-refractivity contribution in [2.24, 2.45) is 11.8 Å². The van der Waals surface area contributed by atoms with E-state index in [0.29, 0.717) is 19.0 Å². The summed E-state index contributed by atoms with van der Waals surface area (Å²) in [7, 11) is -3.25. The Balaban J connectivity index is 1.77. The Kier molecular flexibility index (Phi) is 6.02. The number of carbonyl (C=O) groups excluding carboxylic acids is 2. The van der Waals surface area contributed by atoms with Gasteiger partial charge in [-0.3, -0.25) is 9.59 Å². The monoisotopic (exact) mass is 345 g/mol. The van der Waals surface area contributed by atoms with Gasteiger partial charge in [0.2, 0.25) is 21.8 Å². The van der Waals surface area contributed by atoms with Crippen molar-refractivity contribution in [2.75, 3.05) is 25.9 Å². The Hall–Kier alpha value is -1.15. The van der Waals surface area contributed by atoms with Gasteiger partial charge in [-0.05, 0) is 31.6 Å². The van der Waals surface area contributed by atoms with Gasteiger partial charge < -0.3 is 10.2 Å². The molecule has 0 aromatic heterocycles. The highest BCUT2D eigenvalue weighted by atomic mass is 32.2. The molecule has 2 fully saturated rings. The summed E-state index contributed by atoms with van der Waals surface area (Å²) in [5.41, 5.74) is 0. The molecule has 0 spiro atoms. The van der Waals surface area contributed by atoms with Gasteiger partial charge in [-0.1, -0.05) is 6.92 Å². The number of hydrogen-bond acceptors (Lipinski definition) is 4. The van der Waals surface area contributed by atoms with Gasteiger partial charge in [0.25, 0.3) is 0 Å². The first-order chi connectivity index (χ1) is 10.8. The van der Waals surface area contributed by atoms with Gasteiger partial charge in [0.05, 0.1) is 6.26 Å². The molecule has 0 aromatic carbocycles. The number of nitrogens with zero attached hydrogens (tertiary/aromatic N) is 1. The molecule has 8 heteroatoms. The minimum atomic E-state index is -3.25. The summed E-state index contributed by atoms with van der Waals surface area (Å²) in [6.07, 6.45) is 5.06. The topological polar surface area (TPSA) is 95.6 Å². The number of carbonyl (C=O) groups is 2. The molecule has 1 saturated carbocycles. The molecule has 0 aromatic rings. The molecule has 23 heavy (non-hydrogen) atoms. The first kappa shape index (κ1) is 18.2. The lowest BCUT2D eigenvalue weighted by molar-refractivity contribution is -0.134. The summed E-state index contributed by atoms with van der Waals surface area (Å²) in [4.78, 5) is 25.9. The van der Waals surface area contributed by atoms with Crippen LogP contribution in [0.4, 0.5) is 0 Å². The molecular weight excluding hydrogens is 318 g/mol. The van der Waals surface area contributed by atoms with Crippen LogP contribution in [0.15, 0.2) is 0 Å². The van der Waals surface area contributed by atoms with Crippen molar-refractivity contribution in [1.82, 2.24) is 14.9 Å². The largest absolute Gasteiger partial charge is 0.355 e. The Morgan fingerprint density at radius 3 is 2.57 bits per heavy atom. The highest BCUT2D eigenvalue weighted by Crippen LogP contribution is 2.37. The Morgan fingerprint density at radius 2 is 1.96 bits per heavy atom. The first-order valence-corrected chi connectivity index (χ1v) is 10.2. The van der Waals surface area contributed by atoms with E-state index in [0.717, 1.165) is 31.9 Å². The third kappa shape index (κ3) is 5.76. The summed E-state index contributed by atoms with van der Waals surface area (Å²) in [6.45, 7) is 3.31. The van der Waals surface area contributed by atoms with E-state index in [4.69, 9.17) is 0 Å². The molecule has 1 heterocycles. The first-order valence-electron chi connectivity index (χ1n) is 8.29. The van der Waals surface area contributed by atoms with Crippen molar-refractivity contribution in [3.8, 4) is 0 Å². The molecule has 2 N–H and O–H groups in total. The number of piperidine rings is 1. The van der Waals surface area contributed by atoms with Crippen LogP contribution in [0, 0.1) is 11.8 Å². The van der Waals surface area contributed by atoms with Crippen molar-refractivity contribution in [2.45, 2.75) is 45.1 Å². The van der Waals surface area contributed by atoms with Crippen LogP contribution < -0.4 is 10.0 Å². The molecule has 1 saturated heterocycles. The van der Waals surface area contributed by atoms with Gasteiger partial charge in [0, 0.05) is 38.0 Å². The minimum Gasteiger partial charge on any atom is -0.355 e. The maximum Gasteiger partial charge on any atom is 0.224 e. The quantitative estimate of drug-likeness (QED) is 0.683. The van der Waals surface area contributed by atoms with Gasteiger partial charge >= 0.3 is 0 Å². The smallest absolute Gasteiger partial charge is 0.224 e. The van der Waals surface area contributed by atoms with Crippen LogP contribution in [0.1, 0.15) is 39.0 Å². The van der Waals surface area contributed by atoms with Crippen molar-refractivity contribution in [1.29, 1.82) is 0 Å². The van der Waals surface area contributed by atoms with E-state index in [1.807, 2.05) is 6.92 Å². The fraction of sp³-hybridized carbons (Fsp3) is 0.867. The van der Waals surface area contributed by atoms with E-state index < -0.39 is 10.0 Å². The average Bonchev–Trinajstić information content (AvgIpc) is 3.21. The summed E-state index contributed by atoms with van der Waals surface area (Å²) in [6, 6.07) is -0.0925. The average molecular weight is 345 g/mol. The lowest BCUT2D eigenvalue weighted by Gasteiger charge is -2.36. The third-order valence-corrected chi connectivity index (χ3v) is 5.30. The molecule has 2 rings (SSSR count). The van der Waals surface area contributed by atoms with Crippen molar-refractivity contribution in [3.05, 3.63) is 0 Å². The molecular formula is C15H27N3O4S. The molecule has 2 amide bonds. The minimum absolute atomic E-state index is 0.0193. The second-order valence-corrected chi connectivity index (χ2v) is 8.55. The second kappa shape index (κ2) is 7.61. The van der Waals surface area contributed by atoms with Crippen LogP contribution in [0.5, 0.6) is 0 Å². The van der Waals surface area contributed by atoms with E-state index >= 15 is 0 Å². The number of hydrogen-bond donors (Lipinski definition) is 2. The van der Waals surface area contributed by atoms with Crippen LogP contribution in [-0.2, 0) is 19.6 Å². The van der Waals surface area contributed by atoms with Gasteiger partial charge in [0.15, 0.2) is 0 Å². The maximum absolute atomic E-state index is 12.4. The number of nitrogens with one attached hydrogen (secondary N) is 2. The third-order valence-electron chi connectivity index (χ3n) is 4.61. The molecule has 7 nitrogen and oxygen atoms in total. The zero-order chi connectivity index (χ0) is 17.0. The predicted molar refractivity (Wildman–Crippen MR) is 87.1 cm³/mol. The molecule has 1 aliphatic heterocycles. The summed E-state index contributed by atoms with van der Waals surface area (Å²) in [5.74, 6) is 0.597. The lowest BCUT2D eigenvalue weighted by atomic mass is 10.0. The van der Waals surface area contributed by atoms with Crippen LogP contribution in [0.3, 0.4) is 0 Å². The highest BCUT2D eigenvalue weighted by Gasteiger charge is 2.38. The molecule has 1 aliphatic carbocycles. The fourth-order valence-corrected chi connectivity index (χ4v) is 3.54. The number of amides is 2. The second-order valence-electron chi connectivity index (χ2n) is 6.72. The van der Waals surface area contributed by atoms with E-state index in [-0.39, 0.29) is 36.7 Å². The molecule has 0 unspecified atom stereocenters. The number of rotatable bonds is 7. The lowest BCUT2D eigenvalue weighted by Crippen LogP contribution is -2.49. The van der Waals surface area contributed by atoms with E-state index in [2.05, 4.69) is 10.0 Å². The standard InChI is InChI=1S/C15H27N3O4S/c1-11-9-13(11)15(20)16-7-6-14(19)18-8-4-3-5-12(18)10-17-23(2,21)22/h11-13,17H,3-10H2,1-2H3,(H,16,20)/t11-,12+,13-/m1/s1. The van der Waals surface area contributed by atoms with E-state index in [1.165, 1.54) is 0 Å². The zero-order valence-electron chi connectivity index (χ0n) is 13.9. The molecule has 3 atom stereocenters. The SMILES string of the molecule is C[C@@H]1C[C@H]1C(=O)NCCC(=O)N1CCCC[C@H]1CNS(C)(=O)=O. The van der Waals surface area contributed by atoms with Crippen LogP contribution >= 0.6 is 0 Å². The van der Waals surface area contributed by atoms with Gasteiger partial charge in [0.1, 0.15) is 0 Å². The molecule has 0 bridgehead atoms. The molecule has 0 radical (unpaired) electrons. The van der Waals surface area contributed by atoms with Gasteiger partial charge in [-0.15, -0.1) is 0 Å². The molecule has 2 aliphatic rings. The number of sulfonamides is 1. The fourth-order valence-electron chi connectivity index (χ4n) is 3.04. The van der Waals surface area contributed by atoms with Crippen LogP contribution in [0.2, 0.25) is 0 Å². The summed E-state index contributed by atoms with van der Waals surface area (Å²) in [5, 5.41) is 2.82. The van der Waals surface area contributed by atoms with Gasteiger partial charge in [-0.25, -0.2) is 13.1 Å². The predicted octanol–water partition coefficient (Wildman–Crippen LogP) is 0.0790. The van der Waals surface area contributed by atoms with Crippen molar-refractivity contribution >= 4 is 21.8 Å². The number of likely N-dealkylation sites (tertiary alicyclic amines) is 1. The van der Waals surface area contributed by atoms with E-state index in [1.54, 1.807) is 4.90 Å². The maximum atomic E-state index is 12.4. The normalized spacial score (nSPS) is 27.6.